The highest BCUT2D eigenvalue weighted by molar-refractivity contribution is 4.93. The lowest BCUT2D eigenvalue weighted by Gasteiger charge is -2.35. The van der Waals surface area contributed by atoms with Crippen LogP contribution in [0.4, 0.5) is 0 Å². The van der Waals surface area contributed by atoms with Crippen LogP contribution in [0.3, 0.4) is 0 Å². The fraction of sp³-hybridized carbons (Fsp3) is 1.00. The third kappa shape index (κ3) is 1.59. The number of hydrogen-bond acceptors (Lipinski definition) is 2. The summed E-state index contributed by atoms with van der Waals surface area (Å²) in [5.74, 6) is 1.05. The molecule has 2 bridgehead atoms. The average Bonchev–Trinajstić information content (AvgIpc) is 2.32. The van der Waals surface area contributed by atoms with Crippen LogP contribution in [0.1, 0.15) is 38.5 Å². The molecule has 1 saturated carbocycles. The molecule has 0 aromatic carbocycles. The molecular formula is C12H22N2. The zero-order valence-electron chi connectivity index (χ0n) is 9.04. The minimum atomic E-state index is 0.878. The van der Waals surface area contributed by atoms with Gasteiger partial charge in [0, 0.05) is 25.2 Å². The molecule has 0 amide bonds. The van der Waals surface area contributed by atoms with Crippen molar-refractivity contribution >= 4 is 0 Å². The smallest absolute Gasteiger partial charge is 0.0224 e. The second kappa shape index (κ2) is 3.82. The van der Waals surface area contributed by atoms with E-state index in [2.05, 4.69) is 10.2 Å². The van der Waals surface area contributed by atoms with Gasteiger partial charge in [-0.2, -0.15) is 0 Å². The summed E-state index contributed by atoms with van der Waals surface area (Å²) in [7, 11) is 0. The molecule has 0 spiro atoms. The maximum atomic E-state index is 3.58. The summed E-state index contributed by atoms with van der Waals surface area (Å²) in [5, 5.41) is 3.58. The van der Waals surface area contributed by atoms with Crippen LogP contribution >= 0.6 is 0 Å². The first-order valence-electron chi connectivity index (χ1n) is 6.40. The van der Waals surface area contributed by atoms with Gasteiger partial charge in [-0.05, 0) is 44.6 Å². The van der Waals surface area contributed by atoms with Crippen LogP contribution in [0, 0.1) is 5.92 Å². The van der Waals surface area contributed by atoms with Gasteiger partial charge in [-0.25, -0.2) is 0 Å². The Labute approximate surface area is 87.0 Å². The van der Waals surface area contributed by atoms with Gasteiger partial charge in [0.15, 0.2) is 0 Å². The van der Waals surface area contributed by atoms with Crippen LogP contribution < -0.4 is 5.32 Å². The predicted molar refractivity (Wildman–Crippen MR) is 58.3 cm³/mol. The molecule has 3 fully saturated rings. The Hall–Kier alpha value is -0.0800. The highest BCUT2D eigenvalue weighted by Crippen LogP contribution is 2.33. The van der Waals surface area contributed by atoms with Gasteiger partial charge in [-0.3, -0.25) is 4.90 Å². The molecular weight excluding hydrogens is 172 g/mol. The molecule has 2 saturated heterocycles. The molecule has 2 atom stereocenters. The van der Waals surface area contributed by atoms with E-state index in [9.17, 15) is 0 Å². The Bertz CT molecular complexity index is 186. The first-order valence-corrected chi connectivity index (χ1v) is 6.40. The van der Waals surface area contributed by atoms with Crippen LogP contribution in [-0.2, 0) is 0 Å². The monoisotopic (exact) mass is 194 g/mol. The van der Waals surface area contributed by atoms with Gasteiger partial charge in [0.25, 0.3) is 0 Å². The lowest BCUT2D eigenvalue weighted by molar-refractivity contribution is 0.134. The van der Waals surface area contributed by atoms with E-state index in [1.54, 1.807) is 0 Å². The quantitative estimate of drug-likeness (QED) is 0.718. The summed E-state index contributed by atoms with van der Waals surface area (Å²) in [4.78, 5) is 2.84. The molecule has 80 valence electrons. The molecule has 1 N–H and O–H groups in total. The summed E-state index contributed by atoms with van der Waals surface area (Å²) >= 11 is 0. The number of fused-ring (bicyclic) bond motifs is 2. The van der Waals surface area contributed by atoms with Crippen molar-refractivity contribution in [3.63, 3.8) is 0 Å². The molecule has 0 unspecified atom stereocenters. The van der Waals surface area contributed by atoms with Gasteiger partial charge < -0.3 is 5.32 Å². The summed E-state index contributed by atoms with van der Waals surface area (Å²) in [6.45, 7) is 3.92. The van der Waals surface area contributed by atoms with Crippen molar-refractivity contribution in [2.75, 3.05) is 19.6 Å². The Kier molecular flexibility index (Phi) is 2.50. The summed E-state index contributed by atoms with van der Waals surface area (Å²) in [6, 6.07) is 1.80. The fourth-order valence-electron chi connectivity index (χ4n) is 3.35. The number of hydrogen-bond donors (Lipinski definition) is 1. The molecule has 14 heavy (non-hydrogen) atoms. The number of nitrogens with one attached hydrogen (secondary N) is 1. The molecule has 3 aliphatic rings. The largest absolute Gasteiger partial charge is 0.315 e. The first-order chi connectivity index (χ1) is 6.93. The lowest BCUT2D eigenvalue weighted by Crippen LogP contribution is -2.42. The van der Waals surface area contributed by atoms with Crippen LogP contribution in [-0.4, -0.2) is 36.6 Å². The van der Waals surface area contributed by atoms with Crippen molar-refractivity contribution in [1.29, 1.82) is 0 Å². The molecule has 0 aromatic rings. The maximum absolute atomic E-state index is 3.58. The van der Waals surface area contributed by atoms with Crippen LogP contribution in [0.15, 0.2) is 0 Å². The van der Waals surface area contributed by atoms with E-state index in [1.807, 2.05) is 0 Å². The van der Waals surface area contributed by atoms with Crippen LogP contribution in [0.2, 0.25) is 0 Å². The standard InChI is InChI=1S/C12H22N2/c1-2-10(3-1)9-14-11-4-5-12(14)8-13-7-6-11/h10-13H,1-9H2/t11-,12+/m1/s1. The Balaban J connectivity index is 1.64. The molecule has 1 aliphatic carbocycles. The van der Waals surface area contributed by atoms with Crippen molar-refractivity contribution in [3.8, 4) is 0 Å². The van der Waals surface area contributed by atoms with E-state index in [4.69, 9.17) is 0 Å². The maximum Gasteiger partial charge on any atom is 0.0224 e. The van der Waals surface area contributed by atoms with E-state index in [0.29, 0.717) is 0 Å². The second-order valence-electron chi connectivity index (χ2n) is 5.37. The number of nitrogens with zero attached hydrogens (tertiary/aromatic N) is 1. The molecule has 3 rings (SSSR count). The normalized spacial score (nSPS) is 39.4. The minimum absolute atomic E-state index is 0.878. The van der Waals surface area contributed by atoms with Crippen LogP contribution in [0.5, 0.6) is 0 Å². The van der Waals surface area contributed by atoms with Crippen LogP contribution in [0.25, 0.3) is 0 Å². The predicted octanol–water partition coefficient (Wildman–Crippen LogP) is 1.61. The van der Waals surface area contributed by atoms with E-state index < -0.39 is 0 Å². The fourth-order valence-corrected chi connectivity index (χ4v) is 3.35. The van der Waals surface area contributed by atoms with Crippen molar-refractivity contribution < 1.29 is 0 Å². The Morgan fingerprint density at radius 2 is 1.86 bits per heavy atom. The first kappa shape index (κ1) is 9.17. The average molecular weight is 194 g/mol. The van der Waals surface area contributed by atoms with Gasteiger partial charge in [0.1, 0.15) is 0 Å². The highest BCUT2D eigenvalue weighted by atomic mass is 15.2. The Morgan fingerprint density at radius 1 is 1.00 bits per heavy atom. The van der Waals surface area contributed by atoms with Gasteiger partial charge in [-0.15, -0.1) is 0 Å². The number of rotatable bonds is 2. The van der Waals surface area contributed by atoms with Gasteiger partial charge in [-0.1, -0.05) is 6.42 Å². The second-order valence-corrected chi connectivity index (χ2v) is 5.37. The van der Waals surface area contributed by atoms with E-state index in [1.165, 1.54) is 58.2 Å². The third-order valence-corrected chi connectivity index (χ3v) is 4.50. The van der Waals surface area contributed by atoms with Gasteiger partial charge in [0.05, 0.1) is 0 Å². The summed E-state index contributed by atoms with van der Waals surface area (Å²) < 4.78 is 0. The molecule has 2 heteroatoms. The molecule has 2 nitrogen and oxygen atoms in total. The SMILES string of the molecule is C1CC(CN2[C@H]3CCNC[C@@H]2CC3)C1. The van der Waals surface area contributed by atoms with E-state index >= 15 is 0 Å². The van der Waals surface area contributed by atoms with E-state index in [0.717, 1.165) is 18.0 Å². The summed E-state index contributed by atoms with van der Waals surface area (Å²) in [5.41, 5.74) is 0. The van der Waals surface area contributed by atoms with Crippen molar-refractivity contribution in [2.24, 2.45) is 5.92 Å². The van der Waals surface area contributed by atoms with Gasteiger partial charge in [0.2, 0.25) is 0 Å². The van der Waals surface area contributed by atoms with Crippen molar-refractivity contribution in [3.05, 3.63) is 0 Å². The highest BCUT2D eigenvalue weighted by Gasteiger charge is 2.36. The molecule has 2 aliphatic heterocycles. The van der Waals surface area contributed by atoms with Crippen molar-refractivity contribution in [1.82, 2.24) is 10.2 Å². The Morgan fingerprint density at radius 3 is 2.64 bits per heavy atom. The lowest BCUT2D eigenvalue weighted by atomic mass is 9.85. The van der Waals surface area contributed by atoms with Gasteiger partial charge >= 0.3 is 0 Å². The van der Waals surface area contributed by atoms with Crippen molar-refractivity contribution in [2.45, 2.75) is 50.6 Å². The minimum Gasteiger partial charge on any atom is -0.315 e. The molecule has 0 aromatic heterocycles. The molecule has 0 radical (unpaired) electrons. The zero-order valence-corrected chi connectivity index (χ0v) is 9.04. The summed E-state index contributed by atoms with van der Waals surface area (Å²) in [6.07, 6.45) is 8.81. The molecule has 2 heterocycles. The zero-order chi connectivity index (χ0) is 9.38. The van der Waals surface area contributed by atoms with E-state index in [-0.39, 0.29) is 0 Å². The third-order valence-electron chi connectivity index (χ3n) is 4.50. The topological polar surface area (TPSA) is 15.3 Å².